The van der Waals surface area contributed by atoms with Crippen molar-refractivity contribution in [3.63, 3.8) is 0 Å². The molecule has 8 heteroatoms. The van der Waals surface area contributed by atoms with Crippen LogP contribution in [0.1, 0.15) is 16.1 Å². The Morgan fingerprint density at radius 1 is 1.53 bits per heavy atom. The third-order valence-electron chi connectivity index (χ3n) is 2.68. The van der Waals surface area contributed by atoms with E-state index in [9.17, 15) is 9.59 Å². The summed E-state index contributed by atoms with van der Waals surface area (Å²) >= 11 is 8.05. The Morgan fingerprint density at radius 3 is 2.84 bits per heavy atom. The van der Waals surface area contributed by atoms with E-state index in [2.05, 4.69) is 31.9 Å². The Hall–Kier alpha value is -0.440. The third-order valence-corrected chi connectivity index (χ3v) is 5.93. The SMILES string of the molecule is O=C(O)CC1CN(C(=O)c2cc(Br)c(Br)s2)CCO1. The summed E-state index contributed by atoms with van der Waals surface area (Å²) in [5.74, 6) is -1.00. The molecule has 5 nitrogen and oxygen atoms in total. The van der Waals surface area contributed by atoms with Crippen molar-refractivity contribution in [1.82, 2.24) is 4.90 Å². The van der Waals surface area contributed by atoms with Crippen molar-refractivity contribution in [2.45, 2.75) is 12.5 Å². The maximum Gasteiger partial charge on any atom is 0.306 e. The standard InChI is InChI=1S/C11H11Br2NO4S/c12-7-4-8(19-10(7)13)11(17)14-1-2-18-6(5-14)3-9(15)16/h4,6H,1-3,5H2,(H,15,16). The quantitative estimate of drug-likeness (QED) is 0.828. The molecule has 1 saturated heterocycles. The van der Waals surface area contributed by atoms with Crippen molar-refractivity contribution in [3.8, 4) is 0 Å². The normalized spacial score (nSPS) is 19.5. The van der Waals surface area contributed by atoms with Crippen LogP contribution in [0, 0.1) is 0 Å². The highest BCUT2D eigenvalue weighted by atomic mass is 79.9. The second-order valence-corrected chi connectivity index (χ2v) is 7.30. The first-order valence-corrected chi connectivity index (χ1v) is 7.95. The first kappa shape index (κ1) is 15.0. The summed E-state index contributed by atoms with van der Waals surface area (Å²) < 4.78 is 7.05. The molecule has 1 aliphatic rings. The van der Waals surface area contributed by atoms with Gasteiger partial charge in [0.1, 0.15) is 0 Å². The third kappa shape index (κ3) is 3.77. The van der Waals surface area contributed by atoms with E-state index in [1.807, 2.05) is 0 Å². The van der Waals surface area contributed by atoms with Crippen LogP contribution in [0.3, 0.4) is 0 Å². The van der Waals surface area contributed by atoms with E-state index in [1.165, 1.54) is 11.3 Å². The number of carboxylic acids is 1. The topological polar surface area (TPSA) is 66.8 Å². The summed E-state index contributed by atoms with van der Waals surface area (Å²) in [4.78, 5) is 25.2. The highest BCUT2D eigenvalue weighted by Crippen LogP contribution is 2.33. The Morgan fingerprint density at radius 2 is 2.26 bits per heavy atom. The summed E-state index contributed by atoms with van der Waals surface area (Å²) in [5, 5.41) is 8.75. The average molecular weight is 413 g/mol. The number of rotatable bonds is 3. The van der Waals surface area contributed by atoms with Crippen molar-refractivity contribution in [1.29, 1.82) is 0 Å². The number of hydrogen-bond donors (Lipinski definition) is 1. The molecular weight excluding hydrogens is 402 g/mol. The molecule has 2 heterocycles. The van der Waals surface area contributed by atoms with Crippen LogP contribution < -0.4 is 0 Å². The molecule has 1 fully saturated rings. The van der Waals surface area contributed by atoms with Gasteiger partial charge in [-0.15, -0.1) is 11.3 Å². The van der Waals surface area contributed by atoms with Crippen molar-refractivity contribution in [3.05, 3.63) is 19.2 Å². The Bertz CT molecular complexity index is 485. The van der Waals surface area contributed by atoms with Gasteiger partial charge in [-0.2, -0.15) is 0 Å². The predicted molar refractivity (Wildman–Crippen MR) is 77.6 cm³/mol. The number of morpholine rings is 1. The number of ether oxygens (including phenoxy) is 1. The maximum atomic E-state index is 12.3. The largest absolute Gasteiger partial charge is 0.481 e. The molecule has 1 N–H and O–H groups in total. The van der Waals surface area contributed by atoms with Gasteiger partial charge in [-0.3, -0.25) is 9.59 Å². The van der Waals surface area contributed by atoms with Crippen LogP contribution in [0.5, 0.6) is 0 Å². The molecule has 0 radical (unpaired) electrons. The first-order chi connectivity index (χ1) is 8.97. The Kier molecular flexibility index (Phi) is 4.99. The van der Waals surface area contributed by atoms with Crippen LogP contribution in [0.4, 0.5) is 0 Å². The monoisotopic (exact) mass is 411 g/mol. The number of thiophene rings is 1. The van der Waals surface area contributed by atoms with E-state index in [1.54, 1.807) is 11.0 Å². The lowest BCUT2D eigenvalue weighted by Crippen LogP contribution is -2.46. The van der Waals surface area contributed by atoms with Gasteiger partial charge in [-0.25, -0.2) is 0 Å². The molecule has 0 aliphatic carbocycles. The second kappa shape index (κ2) is 6.34. The van der Waals surface area contributed by atoms with Gasteiger partial charge in [0.05, 0.1) is 27.8 Å². The highest BCUT2D eigenvalue weighted by molar-refractivity contribution is 9.13. The lowest BCUT2D eigenvalue weighted by molar-refractivity contribution is -0.141. The molecule has 0 aromatic carbocycles. The zero-order valence-corrected chi connectivity index (χ0v) is 13.8. The molecule has 1 amide bonds. The minimum absolute atomic E-state index is 0.0817. The molecule has 1 unspecified atom stereocenters. The molecule has 0 spiro atoms. The molecule has 1 aromatic rings. The number of aliphatic carboxylic acids is 1. The molecule has 1 aromatic heterocycles. The number of halogens is 2. The molecule has 19 heavy (non-hydrogen) atoms. The lowest BCUT2D eigenvalue weighted by Gasteiger charge is -2.32. The van der Waals surface area contributed by atoms with Crippen LogP contribution in [0.25, 0.3) is 0 Å². The van der Waals surface area contributed by atoms with Crippen LogP contribution in [0.2, 0.25) is 0 Å². The zero-order valence-electron chi connectivity index (χ0n) is 9.77. The van der Waals surface area contributed by atoms with E-state index < -0.39 is 12.1 Å². The van der Waals surface area contributed by atoms with Gasteiger partial charge < -0.3 is 14.7 Å². The lowest BCUT2D eigenvalue weighted by atomic mass is 10.2. The second-order valence-electron chi connectivity index (χ2n) is 4.07. The van der Waals surface area contributed by atoms with Gasteiger partial charge in [0.15, 0.2) is 0 Å². The molecule has 0 bridgehead atoms. The minimum Gasteiger partial charge on any atom is -0.481 e. The number of carbonyl (C=O) groups excluding carboxylic acids is 1. The number of carbonyl (C=O) groups is 2. The Labute approximate surface area is 130 Å². The van der Waals surface area contributed by atoms with E-state index in [4.69, 9.17) is 9.84 Å². The molecular formula is C11H11Br2NO4S. The fourth-order valence-corrected chi connectivity index (χ4v) is 3.83. The van der Waals surface area contributed by atoms with E-state index in [-0.39, 0.29) is 12.3 Å². The summed E-state index contributed by atoms with van der Waals surface area (Å²) in [7, 11) is 0. The number of carboxylic acid groups (broad SMARTS) is 1. The van der Waals surface area contributed by atoms with Crippen molar-refractivity contribution < 1.29 is 19.4 Å². The van der Waals surface area contributed by atoms with E-state index >= 15 is 0 Å². The number of nitrogens with zero attached hydrogens (tertiary/aromatic N) is 1. The molecule has 1 atom stereocenters. The van der Waals surface area contributed by atoms with Crippen LogP contribution >= 0.6 is 43.2 Å². The zero-order chi connectivity index (χ0) is 14.0. The van der Waals surface area contributed by atoms with Crippen molar-refractivity contribution in [2.75, 3.05) is 19.7 Å². The average Bonchev–Trinajstić information content (AvgIpc) is 2.68. The highest BCUT2D eigenvalue weighted by Gasteiger charge is 2.27. The summed E-state index contributed by atoms with van der Waals surface area (Å²) in [5.41, 5.74) is 0. The first-order valence-electron chi connectivity index (χ1n) is 5.55. The van der Waals surface area contributed by atoms with Gasteiger partial charge in [-0.05, 0) is 37.9 Å². The predicted octanol–water partition coefficient (Wildman–Crippen LogP) is 2.59. The smallest absolute Gasteiger partial charge is 0.306 e. The van der Waals surface area contributed by atoms with E-state index in [0.717, 1.165) is 8.26 Å². The van der Waals surface area contributed by atoms with Crippen molar-refractivity contribution >= 4 is 55.1 Å². The summed E-state index contributed by atoms with van der Waals surface area (Å²) in [6, 6.07) is 1.76. The molecule has 2 rings (SSSR count). The minimum atomic E-state index is -0.916. The van der Waals surface area contributed by atoms with E-state index in [0.29, 0.717) is 24.6 Å². The fraction of sp³-hybridized carbons (Fsp3) is 0.455. The van der Waals surface area contributed by atoms with Crippen LogP contribution in [0.15, 0.2) is 14.3 Å². The Balaban J connectivity index is 2.04. The molecule has 1 aliphatic heterocycles. The van der Waals surface area contributed by atoms with Gasteiger partial charge in [-0.1, -0.05) is 0 Å². The maximum absolute atomic E-state index is 12.3. The summed E-state index contributed by atoms with van der Waals surface area (Å²) in [6.07, 6.45) is -0.510. The number of hydrogen-bond acceptors (Lipinski definition) is 4. The van der Waals surface area contributed by atoms with Gasteiger partial charge in [0.25, 0.3) is 5.91 Å². The molecule has 0 saturated carbocycles. The van der Waals surface area contributed by atoms with Crippen LogP contribution in [-0.4, -0.2) is 47.7 Å². The van der Waals surface area contributed by atoms with Gasteiger partial charge in [0, 0.05) is 17.6 Å². The van der Waals surface area contributed by atoms with Crippen LogP contribution in [-0.2, 0) is 9.53 Å². The van der Waals surface area contributed by atoms with Crippen molar-refractivity contribution in [2.24, 2.45) is 0 Å². The van der Waals surface area contributed by atoms with Gasteiger partial charge >= 0.3 is 5.97 Å². The summed E-state index contributed by atoms with van der Waals surface area (Å²) in [6.45, 7) is 1.18. The fourth-order valence-electron chi connectivity index (χ4n) is 1.83. The number of amides is 1. The molecule has 104 valence electrons. The van der Waals surface area contributed by atoms with Gasteiger partial charge in [0.2, 0.25) is 0 Å².